The molecule has 31 heavy (non-hydrogen) atoms. The van der Waals surface area contributed by atoms with E-state index >= 15 is 0 Å². The Labute approximate surface area is 184 Å². The van der Waals surface area contributed by atoms with Crippen LogP contribution in [0.15, 0.2) is 42.0 Å². The Bertz CT molecular complexity index is 1050. The summed E-state index contributed by atoms with van der Waals surface area (Å²) in [5, 5.41) is 21.7. The second kappa shape index (κ2) is 9.28. The zero-order chi connectivity index (χ0) is 22.7. The lowest BCUT2D eigenvalue weighted by Gasteiger charge is -2.25. The molecular weight excluding hydrogens is 426 g/mol. The first-order chi connectivity index (χ1) is 14.8. The Morgan fingerprint density at radius 1 is 1.06 bits per heavy atom. The number of aliphatic hydroxyl groups excluding tert-OH is 1. The van der Waals surface area contributed by atoms with E-state index in [0.717, 1.165) is 0 Å². The molecule has 0 radical (unpaired) electrons. The number of nitrogens with zero attached hydrogens (tertiary/aromatic N) is 1. The monoisotopic (exact) mass is 447 g/mol. The van der Waals surface area contributed by atoms with Gasteiger partial charge in [0, 0.05) is 18.7 Å². The van der Waals surface area contributed by atoms with Crippen molar-refractivity contribution in [3.8, 4) is 17.2 Å². The fourth-order valence-corrected chi connectivity index (χ4v) is 3.71. The van der Waals surface area contributed by atoms with Crippen molar-refractivity contribution in [3.05, 3.63) is 58.1 Å². The third-order valence-corrected chi connectivity index (χ3v) is 5.25. The Morgan fingerprint density at radius 2 is 1.74 bits per heavy atom. The van der Waals surface area contributed by atoms with Crippen LogP contribution in [-0.4, -0.2) is 61.3 Å². The number of ketones is 1. The van der Waals surface area contributed by atoms with Crippen LogP contribution in [0.1, 0.15) is 17.2 Å². The zero-order valence-corrected chi connectivity index (χ0v) is 18.0. The summed E-state index contributed by atoms with van der Waals surface area (Å²) in [6.07, 6.45) is 0. The van der Waals surface area contributed by atoms with Gasteiger partial charge in [-0.25, -0.2) is 0 Å². The molecule has 2 aromatic carbocycles. The van der Waals surface area contributed by atoms with Gasteiger partial charge in [-0.2, -0.15) is 0 Å². The Kier molecular flexibility index (Phi) is 6.72. The van der Waals surface area contributed by atoms with Gasteiger partial charge >= 0.3 is 0 Å². The molecule has 3 rings (SSSR count). The molecule has 0 aromatic heterocycles. The van der Waals surface area contributed by atoms with Crippen molar-refractivity contribution < 1.29 is 34.0 Å². The van der Waals surface area contributed by atoms with Crippen molar-refractivity contribution in [1.82, 2.24) is 4.90 Å². The normalized spacial score (nSPS) is 17.8. The third kappa shape index (κ3) is 4.17. The van der Waals surface area contributed by atoms with Crippen LogP contribution in [-0.2, 0) is 14.3 Å². The van der Waals surface area contributed by atoms with Crippen molar-refractivity contribution in [2.24, 2.45) is 0 Å². The van der Waals surface area contributed by atoms with Gasteiger partial charge in [-0.3, -0.25) is 9.59 Å². The van der Waals surface area contributed by atoms with E-state index in [9.17, 15) is 19.8 Å². The predicted octanol–water partition coefficient (Wildman–Crippen LogP) is 3.13. The molecule has 2 N–H and O–H groups in total. The summed E-state index contributed by atoms with van der Waals surface area (Å²) in [5.74, 6) is -1.75. The van der Waals surface area contributed by atoms with E-state index in [1.807, 2.05) is 0 Å². The van der Waals surface area contributed by atoms with Gasteiger partial charge in [0.05, 0.1) is 38.0 Å². The standard InChI is InChI=1S/C22H22ClNO7/c1-29-9-8-24-19(12-4-6-17(31-3)15(25)10-12)18(21(27)22(24)28)20(26)14-11-13(23)5-7-16(14)30-2/h4-7,10-11,19,25-26H,8-9H2,1-3H3/b20-18+. The molecule has 0 saturated carbocycles. The molecule has 2 aromatic rings. The van der Waals surface area contributed by atoms with Crippen LogP contribution < -0.4 is 9.47 Å². The number of phenolic OH excluding ortho intramolecular Hbond substituents is 1. The number of aliphatic hydroxyl groups is 1. The fraction of sp³-hybridized carbons (Fsp3) is 0.273. The minimum Gasteiger partial charge on any atom is -0.507 e. The number of ether oxygens (including phenoxy) is 3. The highest BCUT2D eigenvalue weighted by Gasteiger charge is 2.46. The van der Waals surface area contributed by atoms with Crippen molar-refractivity contribution in [1.29, 1.82) is 0 Å². The zero-order valence-electron chi connectivity index (χ0n) is 17.2. The van der Waals surface area contributed by atoms with E-state index in [1.165, 1.54) is 44.4 Å². The van der Waals surface area contributed by atoms with Crippen molar-refractivity contribution >= 4 is 29.1 Å². The van der Waals surface area contributed by atoms with Crippen LogP contribution in [0, 0.1) is 0 Å². The van der Waals surface area contributed by atoms with Crippen LogP contribution in [0.3, 0.4) is 0 Å². The number of methoxy groups -OCH3 is 3. The molecule has 1 heterocycles. The van der Waals surface area contributed by atoms with Crippen LogP contribution in [0.2, 0.25) is 5.02 Å². The van der Waals surface area contributed by atoms with E-state index in [2.05, 4.69) is 0 Å². The number of Topliss-reactive ketones (excluding diaryl/α,β-unsaturated/α-hetero) is 1. The highest BCUT2D eigenvalue weighted by molar-refractivity contribution is 6.46. The van der Waals surface area contributed by atoms with Crippen LogP contribution in [0.4, 0.5) is 0 Å². The Balaban J connectivity index is 2.24. The third-order valence-electron chi connectivity index (χ3n) is 5.01. The van der Waals surface area contributed by atoms with Crippen LogP contribution in [0.25, 0.3) is 5.76 Å². The van der Waals surface area contributed by atoms with E-state index in [1.54, 1.807) is 18.2 Å². The number of phenols is 1. The maximum absolute atomic E-state index is 13.0. The minimum absolute atomic E-state index is 0.0992. The highest BCUT2D eigenvalue weighted by atomic mass is 35.5. The largest absolute Gasteiger partial charge is 0.507 e. The second-order valence-corrected chi connectivity index (χ2v) is 7.20. The molecular formula is C22H22ClNO7. The molecule has 1 saturated heterocycles. The Hall–Kier alpha value is -3.23. The first-order valence-corrected chi connectivity index (χ1v) is 9.70. The lowest BCUT2D eigenvalue weighted by atomic mass is 9.94. The van der Waals surface area contributed by atoms with Gasteiger partial charge in [0.1, 0.15) is 11.5 Å². The molecule has 1 unspecified atom stereocenters. The summed E-state index contributed by atoms with van der Waals surface area (Å²) in [5.41, 5.74) is 0.435. The second-order valence-electron chi connectivity index (χ2n) is 6.76. The average Bonchev–Trinajstić information content (AvgIpc) is 3.01. The number of rotatable bonds is 7. The molecule has 9 heteroatoms. The minimum atomic E-state index is -0.962. The number of aromatic hydroxyl groups is 1. The molecule has 0 aliphatic carbocycles. The first-order valence-electron chi connectivity index (χ1n) is 9.32. The average molecular weight is 448 g/mol. The summed E-state index contributed by atoms with van der Waals surface area (Å²) in [7, 11) is 4.29. The fourth-order valence-electron chi connectivity index (χ4n) is 3.53. The molecule has 8 nitrogen and oxygen atoms in total. The van der Waals surface area contributed by atoms with Gasteiger partial charge in [0.15, 0.2) is 11.5 Å². The van der Waals surface area contributed by atoms with Crippen LogP contribution in [0.5, 0.6) is 17.2 Å². The van der Waals surface area contributed by atoms with Crippen molar-refractivity contribution in [2.45, 2.75) is 6.04 Å². The summed E-state index contributed by atoms with van der Waals surface area (Å²) in [6.45, 7) is 0.272. The molecule has 0 spiro atoms. The molecule has 1 fully saturated rings. The number of hydrogen-bond donors (Lipinski definition) is 2. The number of halogens is 1. The maximum atomic E-state index is 13.0. The number of likely N-dealkylation sites (tertiary alicyclic amines) is 1. The van der Waals surface area contributed by atoms with E-state index in [4.69, 9.17) is 25.8 Å². The van der Waals surface area contributed by atoms with Crippen LogP contribution >= 0.6 is 11.6 Å². The summed E-state index contributed by atoms with van der Waals surface area (Å²) < 4.78 is 15.4. The molecule has 164 valence electrons. The molecule has 1 amide bonds. The number of hydrogen-bond acceptors (Lipinski definition) is 7. The summed E-state index contributed by atoms with van der Waals surface area (Å²) in [4.78, 5) is 27.0. The topological polar surface area (TPSA) is 106 Å². The Morgan fingerprint density at radius 3 is 2.35 bits per heavy atom. The summed E-state index contributed by atoms with van der Waals surface area (Å²) in [6, 6.07) is 8.12. The summed E-state index contributed by atoms with van der Waals surface area (Å²) >= 11 is 6.08. The number of amides is 1. The lowest BCUT2D eigenvalue weighted by Crippen LogP contribution is -2.32. The van der Waals surface area contributed by atoms with E-state index in [-0.39, 0.29) is 41.5 Å². The van der Waals surface area contributed by atoms with Gasteiger partial charge in [-0.1, -0.05) is 17.7 Å². The predicted molar refractivity (Wildman–Crippen MR) is 114 cm³/mol. The molecule has 1 aliphatic rings. The molecule has 1 aliphatic heterocycles. The first kappa shape index (κ1) is 22.5. The lowest BCUT2D eigenvalue weighted by molar-refractivity contribution is -0.140. The van der Waals surface area contributed by atoms with Crippen molar-refractivity contribution in [3.63, 3.8) is 0 Å². The molecule has 1 atom stereocenters. The maximum Gasteiger partial charge on any atom is 0.295 e. The SMILES string of the molecule is COCCN1C(=O)C(=O)/C(=C(/O)c2cc(Cl)ccc2OC)C1c1ccc(OC)c(O)c1. The van der Waals surface area contributed by atoms with E-state index in [0.29, 0.717) is 10.6 Å². The van der Waals surface area contributed by atoms with Gasteiger partial charge in [0.25, 0.3) is 11.7 Å². The highest BCUT2D eigenvalue weighted by Crippen LogP contribution is 2.43. The van der Waals surface area contributed by atoms with Gasteiger partial charge < -0.3 is 29.3 Å². The van der Waals surface area contributed by atoms with Gasteiger partial charge in [-0.05, 0) is 35.9 Å². The number of carbonyl (C=O) groups is 2. The smallest absolute Gasteiger partial charge is 0.295 e. The molecule has 0 bridgehead atoms. The quantitative estimate of drug-likeness (QED) is 0.381. The number of carbonyl (C=O) groups excluding carboxylic acids is 2. The van der Waals surface area contributed by atoms with Gasteiger partial charge in [-0.15, -0.1) is 0 Å². The number of benzene rings is 2. The van der Waals surface area contributed by atoms with Crippen molar-refractivity contribution in [2.75, 3.05) is 34.5 Å². The van der Waals surface area contributed by atoms with Gasteiger partial charge in [0.2, 0.25) is 0 Å². The van der Waals surface area contributed by atoms with E-state index < -0.39 is 23.5 Å².